The van der Waals surface area contributed by atoms with Gasteiger partial charge < -0.3 is 9.64 Å². The second-order valence-electron chi connectivity index (χ2n) is 3.54. The second kappa shape index (κ2) is 3.40. The number of quaternary nitrogens is 1. The number of hydrogen-bond acceptors (Lipinski definition) is 3. The molecule has 4 nitrogen and oxygen atoms in total. The molecule has 1 atom stereocenters. The summed E-state index contributed by atoms with van der Waals surface area (Å²) >= 11 is 0. The monoisotopic (exact) mass is 204 g/mol. The molecule has 0 aromatic rings. The molecule has 0 amide bonds. The second-order valence-corrected chi connectivity index (χ2v) is 5.47. The standard InChI is InChI=1S/C8H13NO3S/c10-13(11)6-1-8(7-13)9-2-4-12-5-3-9/h1,6,8H,2-5,7H2/p+1. The van der Waals surface area contributed by atoms with Crippen LogP contribution in [0.15, 0.2) is 11.5 Å². The molecule has 2 heterocycles. The van der Waals surface area contributed by atoms with Crippen LogP contribution < -0.4 is 4.90 Å². The SMILES string of the molecule is O=S1(=O)C=CC([NH+]2CCOCC2)C1. The summed E-state index contributed by atoms with van der Waals surface area (Å²) in [6.07, 6.45) is 1.82. The molecule has 0 bridgehead atoms. The van der Waals surface area contributed by atoms with Crippen LogP contribution in [-0.2, 0) is 14.6 Å². The van der Waals surface area contributed by atoms with Gasteiger partial charge in [0.15, 0.2) is 9.84 Å². The van der Waals surface area contributed by atoms with Crippen LogP contribution >= 0.6 is 0 Å². The van der Waals surface area contributed by atoms with Crippen LogP contribution in [0.2, 0.25) is 0 Å². The summed E-state index contributed by atoms with van der Waals surface area (Å²) in [5.74, 6) is 0.280. The summed E-state index contributed by atoms with van der Waals surface area (Å²) in [6, 6.07) is 0.161. The van der Waals surface area contributed by atoms with Gasteiger partial charge in [-0.3, -0.25) is 0 Å². The van der Waals surface area contributed by atoms with Crippen molar-refractivity contribution in [3.8, 4) is 0 Å². The Balaban J connectivity index is 1.99. The Morgan fingerprint density at radius 1 is 1.31 bits per heavy atom. The van der Waals surface area contributed by atoms with E-state index in [-0.39, 0.29) is 11.8 Å². The van der Waals surface area contributed by atoms with Crippen molar-refractivity contribution >= 4 is 9.84 Å². The molecule has 0 aromatic heterocycles. The third-order valence-electron chi connectivity index (χ3n) is 2.59. The lowest BCUT2D eigenvalue weighted by Crippen LogP contribution is -3.17. The molecule has 5 heteroatoms. The molecule has 0 spiro atoms. The fourth-order valence-corrected chi connectivity index (χ4v) is 3.22. The molecule has 74 valence electrons. The first-order valence-electron chi connectivity index (χ1n) is 4.51. The van der Waals surface area contributed by atoms with Crippen molar-refractivity contribution in [3.05, 3.63) is 11.5 Å². The Morgan fingerprint density at radius 3 is 2.54 bits per heavy atom. The normalized spacial score (nSPS) is 33.7. The molecule has 2 aliphatic rings. The summed E-state index contributed by atoms with van der Waals surface area (Å²) in [6.45, 7) is 3.34. The van der Waals surface area contributed by atoms with E-state index in [9.17, 15) is 8.42 Å². The smallest absolute Gasteiger partial charge is 0.177 e. The van der Waals surface area contributed by atoms with Crippen LogP contribution in [0.5, 0.6) is 0 Å². The van der Waals surface area contributed by atoms with Crippen molar-refractivity contribution < 1.29 is 18.1 Å². The lowest BCUT2D eigenvalue weighted by molar-refractivity contribution is -0.923. The zero-order chi connectivity index (χ0) is 9.31. The highest BCUT2D eigenvalue weighted by Gasteiger charge is 2.31. The Labute approximate surface area is 78.1 Å². The molecule has 0 saturated carbocycles. The Morgan fingerprint density at radius 2 is 2.00 bits per heavy atom. The van der Waals surface area contributed by atoms with Crippen LogP contribution in [-0.4, -0.2) is 46.5 Å². The van der Waals surface area contributed by atoms with E-state index in [0.717, 1.165) is 26.3 Å². The van der Waals surface area contributed by atoms with Gasteiger partial charge in [0, 0.05) is 5.41 Å². The van der Waals surface area contributed by atoms with Crippen molar-refractivity contribution in [1.82, 2.24) is 0 Å². The van der Waals surface area contributed by atoms with Gasteiger partial charge in [-0.2, -0.15) is 0 Å². The Hall–Kier alpha value is -0.390. The predicted octanol–water partition coefficient (Wildman–Crippen LogP) is -1.79. The highest BCUT2D eigenvalue weighted by Crippen LogP contribution is 2.05. The highest BCUT2D eigenvalue weighted by atomic mass is 32.2. The van der Waals surface area contributed by atoms with E-state index in [1.165, 1.54) is 10.3 Å². The number of ether oxygens (including phenoxy) is 1. The molecule has 1 unspecified atom stereocenters. The van der Waals surface area contributed by atoms with Crippen molar-refractivity contribution in [2.24, 2.45) is 0 Å². The van der Waals surface area contributed by atoms with Crippen molar-refractivity contribution in [3.63, 3.8) is 0 Å². The summed E-state index contributed by atoms with van der Waals surface area (Å²) < 4.78 is 27.5. The first-order chi connectivity index (χ1) is 6.17. The number of rotatable bonds is 1. The van der Waals surface area contributed by atoms with E-state index in [1.807, 2.05) is 6.08 Å². The maximum Gasteiger partial charge on any atom is 0.177 e. The third-order valence-corrected chi connectivity index (χ3v) is 3.99. The Bertz CT molecular complexity index is 303. The minimum Gasteiger partial charge on any atom is -0.370 e. The van der Waals surface area contributed by atoms with Gasteiger partial charge in [0.05, 0.1) is 13.2 Å². The molecule has 1 N–H and O–H groups in total. The molecule has 1 saturated heterocycles. The van der Waals surface area contributed by atoms with E-state index < -0.39 is 9.84 Å². The average Bonchev–Trinajstić information content (AvgIpc) is 2.48. The van der Waals surface area contributed by atoms with Gasteiger partial charge in [0.25, 0.3) is 0 Å². The van der Waals surface area contributed by atoms with Crippen LogP contribution in [0.25, 0.3) is 0 Å². The summed E-state index contributed by atoms with van der Waals surface area (Å²) in [5.41, 5.74) is 0. The molecule has 1 fully saturated rings. The molecule has 2 aliphatic heterocycles. The number of nitrogens with one attached hydrogen (secondary N) is 1. The topological polar surface area (TPSA) is 47.8 Å². The molecule has 0 radical (unpaired) electrons. The maximum atomic E-state index is 11.2. The van der Waals surface area contributed by atoms with Crippen LogP contribution in [0.1, 0.15) is 0 Å². The first kappa shape index (κ1) is 9.18. The van der Waals surface area contributed by atoms with Crippen molar-refractivity contribution in [1.29, 1.82) is 0 Å². The van der Waals surface area contributed by atoms with Gasteiger partial charge in [-0.1, -0.05) is 0 Å². The van der Waals surface area contributed by atoms with Gasteiger partial charge in [-0.25, -0.2) is 8.42 Å². The van der Waals surface area contributed by atoms with Gasteiger partial charge in [-0.15, -0.1) is 0 Å². The lowest BCUT2D eigenvalue weighted by atomic mass is 10.2. The van der Waals surface area contributed by atoms with Gasteiger partial charge >= 0.3 is 0 Å². The Kier molecular flexibility index (Phi) is 2.40. The van der Waals surface area contributed by atoms with E-state index in [0.29, 0.717) is 0 Å². The number of hydrogen-bond donors (Lipinski definition) is 1. The summed E-state index contributed by atoms with van der Waals surface area (Å²) in [4.78, 5) is 1.34. The fraction of sp³-hybridized carbons (Fsp3) is 0.750. The van der Waals surface area contributed by atoms with Gasteiger partial charge in [0.1, 0.15) is 24.9 Å². The largest absolute Gasteiger partial charge is 0.370 e. The zero-order valence-electron chi connectivity index (χ0n) is 7.40. The van der Waals surface area contributed by atoms with E-state index >= 15 is 0 Å². The lowest BCUT2D eigenvalue weighted by Gasteiger charge is -2.27. The quantitative estimate of drug-likeness (QED) is 0.549. The van der Waals surface area contributed by atoms with Crippen molar-refractivity contribution in [2.45, 2.75) is 6.04 Å². The fourth-order valence-electron chi connectivity index (χ4n) is 1.83. The minimum atomic E-state index is -2.89. The average molecular weight is 204 g/mol. The van der Waals surface area contributed by atoms with E-state index in [4.69, 9.17) is 4.74 Å². The molecule has 0 aromatic carbocycles. The van der Waals surface area contributed by atoms with E-state index in [1.54, 1.807) is 0 Å². The molecule has 13 heavy (non-hydrogen) atoms. The van der Waals surface area contributed by atoms with E-state index in [2.05, 4.69) is 0 Å². The molecular weight excluding hydrogens is 190 g/mol. The molecular formula is C8H14NO3S+. The highest BCUT2D eigenvalue weighted by molar-refractivity contribution is 7.94. The first-order valence-corrected chi connectivity index (χ1v) is 6.22. The van der Waals surface area contributed by atoms with Gasteiger partial charge in [0.2, 0.25) is 0 Å². The van der Waals surface area contributed by atoms with Crippen LogP contribution in [0.3, 0.4) is 0 Å². The molecule has 2 rings (SSSR count). The van der Waals surface area contributed by atoms with Crippen LogP contribution in [0, 0.1) is 0 Å². The summed E-state index contributed by atoms with van der Waals surface area (Å²) in [5, 5.41) is 1.35. The maximum absolute atomic E-state index is 11.2. The predicted molar refractivity (Wildman–Crippen MR) is 48.2 cm³/mol. The zero-order valence-corrected chi connectivity index (χ0v) is 8.22. The van der Waals surface area contributed by atoms with Crippen LogP contribution in [0.4, 0.5) is 0 Å². The minimum absolute atomic E-state index is 0.161. The third kappa shape index (κ3) is 2.10. The van der Waals surface area contributed by atoms with Gasteiger partial charge in [-0.05, 0) is 6.08 Å². The number of morpholine rings is 1. The summed E-state index contributed by atoms with van der Waals surface area (Å²) in [7, 11) is -2.89. The number of sulfone groups is 1. The van der Waals surface area contributed by atoms with Crippen molar-refractivity contribution in [2.75, 3.05) is 32.1 Å². The molecule has 0 aliphatic carbocycles.